The van der Waals surface area contributed by atoms with Gasteiger partial charge < -0.3 is 19.7 Å². The molecule has 8 heteroatoms. The first-order valence-corrected chi connectivity index (χ1v) is 13.6. The van der Waals surface area contributed by atoms with Gasteiger partial charge in [-0.2, -0.15) is 0 Å². The van der Waals surface area contributed by atoms with E-state index in [0.717, 1.165) is 11.1 Å². The van der Waals surface area contributed by atoms with Crippen LogP contribution in [-0.2, 0) is 22.7 Å². The average molecular weight is 539 g/mol. The van der Waals surface area contributed by atoms with Crippen LogP contribution in [0.15, 0.2) is 94.6 Å². The maximum absolute atomic E-state index is 14.2. The number of hydrogen-bond donors (Lipinski definition) is 2. The first-order valence-electron chi connectivity index (χ1n) is 13.6. The molecule has 3 aromatic rings. The van der Waals surface area contributed by atoms with Gasteiger partial charge in [-0.3, -0.25) is 18.7 Å². The summed E-state index contributed by atoms with van der Waals surface area (Å²) in [6, 6.07) is 18.2. The molecule has 2 aliphatic carbocycles. The summed E-state index contributed by atoms with van der Waals surface area (Å²) in [5, 5.41) is 21.6. The third-order valence-corrected chi connectivity index (χ3v) is 8.50. The van der Waals surface area contributed by atoms with Gasteiger partial charge in [-0.15, -0.1) is 0 Å². The van der Waals surface area contributed by atoms with Crippen LogP contribution in [-0.4, -0.2) is 42.8 Å². The molecule has 2 aliphatic heterocycles. The number of aliphatic hydroxyl groups excluding tert-OH is 2. The molecule has 0 radical (unpaired) electrons. The Kier molecular flexibility index (Phi) is 5.90. The summed E-state index contributed by atoms with van der Waals surface area (Å²) < 4.78 is 15.9. The van der Waals surface area contributed by atoms with Crippen molar-refractivity contribution in [1.29, 1.82) is 0 Å². The number of rotatable bonds is 6. The second-order valence-electron chi connectivity index (χ2n) is 11.1. The largest absolute Gasteiger partial charge is 0.389 e. The second kappa shape index (κ2) is 9.38. The maximum atomic E-state index is 14.2. The lowest BCUT2D eigenvalue weighted by Crippen LogP contribution is -2.57. The summed E-state index contributed by atoms with van der Waals surface area (Å²) in [5.41, 5.74) is -0.857. The third kappa shape index (κ3) is 3.90. The minimum atomic E-state index is -1.05. The Morgan fingerprint density at radius 1 is 0.650 bits per heavy atom. The van der Waals surface area contributed by atoms with Crippen molar-refractivity contribution < 1.29 is 19.7 Å². The predicted molar refractivity (Wildman–Crippen MR) is 149 cm³/mol. The minimum absolute atomic E-state index is 0.222. The Labute approximate surface area is 230 Å². The van der Waals surface area contributed by atoms with Crippen LogP contribution in [0, 0.1) is 0 Å². The van der Waals surface area contributed by atoms with Gasteiger partial charge in [0.2, 0.25) is 0 Å². The lowest BCUT2D eigenvalue weighted by Gasteiger charge is -2.38. The Morgan fingerprint density at radius 2 is 1.05 bits per heavy atom. The molecule has 7 rings (SSSR count). The second-order valence-corrected chi connectivity index (χ2v) is 11.1. The number of benzene rings is 2. The highest BCUT2D eigenvalue weighted by molar-refractivity contribution is 5.48. The van der Waals surface area contributed by atoms with Crippen LogP contribution in [0.2, 0.25) is 0 Å². The lowest BCUT2D eigenvalue weighted by molar-refractivity contribution is -0.0567. The summed E-state index contributed by atoms with van der Waals surface area (Å²) >= 11 is 0. The van der Waals surface area contributed by atoms with E-state index in [1.807, 2.05) is 60.7 Å². The standard InChI is InChI=1S/C32H30N2O6/c35-23-11-13-27-31(15-23,39-19-21-7-3-1-4-8-21)17-25-29(37)34-26(30(38)33(25)27)18-32(16-24(36)12-14-28(32)34)40-20-22-9-5-2-6-10-22/h1-14,17-18,23-24,27-28,35-36H,15-16,19-20H2/t23-,24-,27-,28-,31+,32+/m1/s1. The van der Waals surface area contributed by atoms with Gasteiger partial charge in [0, 0.05) is 12.8 Å². The van der Waals surface area contributed by atoms with Gasteiger partial charge in [0.25, 0.3) is 11.1 Å². The smallest absolute Gasteiger partial charge is 0.275 e. The molecule has 0 spiro atoms. The molecule has 204 valence electrons. The van der Waals surface area contributed by atoms with Crippen molar-refractivity contribution >= 4 is 12.2 Å². The number of aromatic nitrogens is 2. The molecule has 2 aromatic carbocycles. The van der Waals surface area contributed by atoms with Crippen LogP contribution < -0.4 is 21.8 Å². The van der Waals surface area contributed by atoms with Crippen molar-refractivity contribution in [2.45, 2.75) is 61.5 Å². The van der Waals surface area contributed by atoms with Crippen LogP contribution in [0.1, 0.15) is 36.1 Å². The SMILES string of the molecule is O=c1c2n(c(=O)c3n1[C@@H]1C=C[C@@H](O)C[C@]1(OCc1ccccc1)C=3)[C@@H]1C=C[C@@H](O)C[C@]1(OCc1ccccc1)C=2. The molecule has 0 unspecified atom stereocenters. The number of nitrogens with zero attached hydrogens (tertiary/aromatic N) is 2. The van der Waals surface area contributed by atoms with Crippen LogP contribution in [0.5, 0.6) is 0 Å². The van der Waals surface area contributed by atoms with Gasteiger partial charge in [0.1, 0.15) is 21.9 Å². The Bertz CT molecular complexity index is 1630. The molecule has 1 aromatic heterocycles. The molecule has 40 heavy (non-hydrogen) atoms. The van der Waals surface area contributed by atoms with Crippen LogP contribution in [0.25, 0.3) is 12.2 Å². The van der Waals surface area contributed by atoms with Crippen molar-refractivity contribution in [1.82, 2.24) is 9.13 Å². The molecular formula is C32H30N2O6. The summed E-state index contributed by atoms with van der Waals surface area (Å²) in [5.74, 6) is 0. The van der Waals surface area contributed by atoms with Crippen molar-refractivity contribution in [3.63, 3.8) is 0 Å². The molecule has 4 aliphatic rings. The zero-order valence-corrected chi connectivity index (χ0v) is 21.8. The molecule has 0 saturated carbocycles. The zero-order chi connectivity index (χ0) is 27.5. The quantitative estimate of drug-likeness (QED) is 0.458. The van der Waals surface area contributed by atoms with Crippen LogP contribution in [0.3, 0.4) is 0 Å². The number of ether oxygens (including phenoxy) is 2. The van der Waals surface area contributed by atoms with Crippen molar-refractivity contribution in [2.24, 2.45) is 0 Å². The molecule has 0 bridgehead atoms. The van der Waals surface area contributed by atoms with Gasteiger partial charge >= 0.3 is 0 Å². The summed E-state index contributed by atoms with van der Waals surface area (Å²) in [6.45, 7) is 0.536. The fraction of sp³-hybridized carbons (Fsp3) is 0.312. The molecule has 8 nitrogen and oxygen atoms in total. The van der Waals surface area contributed by atoms with Gasteiger partial charge in [0.15, 0.2) is 0 Å². The fourth-order valence-electron chi connectivity index (χ4n) is 6.63. The van der Waals surface area contributed by atoms with E-state index in [4.69, 9.17) is 9.47 Å². The molecule has 2 N–H and O–H groups in total. The highest BCUT2D eigenvalue weighted by Gasteiger charge is 2.51. The third-order valence-electron chi connectivity index (χ3n) is 8.50. The van der Waals surface area contributed by atoms with Gasteiger partial charge in [0.05, 0.1) is 37.5 Å². The molecular weight excluding hydrogens is 508 g/mol. The fourth-order valence-corrected chi connectivity index (χ4v) is 6.63. The zero-order valence-electron chi connectivity index (χ0n) is 21.8. The van der Waals surface area contributed by atoms with E-state index in [-0.39, 0.29) is 47.9 Å². The Balaban J connectivity index is 1.34. The van der Waals surface area contributed by atoms with E-state index < -0.39 is 35.5 Å². The molecule has 6 atom stereocenters. The first kappa shape index (κ1) is 25.2. The van der Waals surface area contributed by atoms with Crippen molar-refractivity contribution in [2.75, 3.05) is 0 Å². The normalized spacial score (nSPS) is 31.1. The van der Waals surface area contributed by atoms with Crippen molar-refractivity contribution in [3.05, 3.63) is 128 Å². The topological polar surface area (TPSA) is 103 Å². The molecule has 3 heterocycles. The number of fused-ring (bicyclic) bond motifs is 6. The Morgan fingerprint density at radius 3 is 1.45 bits per heavy atom. The maximum Gasteiger partial charge on any atom is 0.275 e. The van der Waals surface area contributed by atoms with Crippen molar-refractivity contribution in [3.8, 4) is 0 Å². The lowest BCUT2D eigenvalue weighted by atomic mass is 9.84. The van der Waals surface area contributed by atoms with E-state index in [0.29, 0.717) is 0 Å². The van der Waals surface area contributed by atoms with E-state index in [1.165, 1.54) is 9.13 Å². The van der Waals surface area contributed by atoms with E-state index in [1.54, 1.807) is 36.5 Å². The van der Waals surface area contributed by atoms with Crippen LogP contribution in [0.4, 0.5) is 0 Å². The van der Waals surface area contributed by atoms with E-state index >= 15 is 0 Å². The van der Waals surface area contributed by atoms with Gasteiger partial charge in [-0.05, 0) is 23.3 Å². The summed E-state index contributed by atoms with van der Waals surface area (Å²) in [6.07, 6.45) is 9.18. The first-order chi connectivity index (χ1) is 19.4. The summed E-state index contributed by atoms with van der Waals surface area (Å²) in [4.78, 5) is 28.3. The van der Waals surface area contributed by atoms with Crippen LogP contribution >= 0.6 is 0 Å². The van der Waals surface area contributed by atoms with E-state index in [9.17, 15) is 19.8 Å². The number of hydrogen-bond acceptors (Lipinski definition) is 6. The predicted octanol–water partition coefficient (Wildman–Crippen LogP) is 1.23. The number of aliphatic hydroxyl groups is 2. The van der Waals surface area contributed by atoms with Gasteiger partial charge in [-0.25, -0.2) is 0 Å². The molecule has 0 saturated heterocycles. The molecule has 0 fully saturated rings. The summed E-state index contributed by atoms with van der Waals surface area (Å²) in [7, 11) is 0. The minimum Gasteiger partial charge on any atom is -0.389 e. The highest BCUT2D eigenvalue weighted by Crippen LogP contribution is 2.42. The van der Waals surface area contributed by atoms with Gasteiger partial charge in [-0.1, -0.05) is 85.0 Å². The highest BCUT2D eigenvalue weighted by atomic mass is 16.5. The average Bonchev–Trinajstić information content (AvgIpc) is 3.49. The monoisotopic (exact) mass is 538 g/mol. The molecule has 0 amide bonds. The Hall–Kier alpha value is -3.82. The van der Waals surface area contributed by atoms with E-state index in [2.05, 4.69) is 0 Å².